The fourth-order valence-electron chi connectivity index (χ4n) is 8.96. The number of allylic oxidation sites excluding steroid dienone is 18. The summed E-state index contributed by atoms with van der Waals surface area (Å²) in [6, 6.07) is 0. The third-order valence-corrected chi connectivity index (χ3v) is 14.0. The maximum absolute atomic E-state index is 12.9. The van der Waals surface area contributed by atoms with Crippen molar-refractivity contribution in [1.82, 2.24) is 0 Å². The van der Waals surface area contributed by atoms with Crippen LogP contribution in [0.4, 0.5) is 0 Å². The second-order valence-electron chi connectivity index (χ2n) is 23.0. The lowest BCUT2D eigenvalue weighted by molar-refractivity contribution is -0.870. The fourth-order valence-corrected chi connectivity index (χ4v) is 8.96. The minimum absolute atomic E-state index is 0.136. The number of quaternary nitrogens is 1. The largest absolute Gasteiger partial charge is 0.545 e. The van der Waals surface area contributed by atoms with Crippen molar-refractivity contribution in [2.24, 2.45) is 0 Å². The topological polar surface area (TPSA) is 111 Å². The summed E-state index contributed by atoms with van der Waals surface area (Å²) >= 11 is 0. The highest BCUT2D eigenvalue weighted by Crippen LogP contribution is 2.17. The van der Waals surface area contributed by atoms with Crippen molar-refractivity contribution in [2.75, 3.05) is 47.5 Å². The van der Waals surface area contributed by atoms with Crippen LogP contribution in [0, 0.1) is 0 Å². The molecule has 0 aliphatic rings. The Kier molecular flexibility index (Phi) is 58.9. The molecule has 0 fully saturated rings. The van der Waals surface area contributed by atoms with Crippen LogP contribution in [-0.2, 0) is 33.3 Å². The average molecular weight is 1130 g/mol. The molecule has 2 unspecified atom stereocenters. The van der Waals surface area contributed by atoms with Crippen LogP contribution in [0.1, 0.15) is 271 Å². The molecule has 0 radical (unpaired) electrons. The third kappa shape index (κ3) is 63.4. The van der Waals surface area contributed by atoms with Crippen molar-refractivity contribution in [2.45, 2.75) is 283 Å². The molecular weight excluding hydrogens is 1010 g/mol. The minimum atomic E-state index is -1.64. The molecule has 0 heterocycles. The number of carbonyl (C=O) groups is 3. The summed E-state index contributed by atoms with van der Waals surface area (Å²) < 4.78 is 22.7. The quantitative estimate of drug-likeness (QED) is 0.0195. The Hall–Kier alpha value is -4.05. The lowest BCUT2D eigenvalue weighted by Gasteiger charge is -2.26. The second-order valence-corrected chi connectivity index (χ2v) is 23.0. The molecule has 0 aliphatic heterocycles. The molecule has 0 bridgehead atoms. The number of likely N-dealkylation sites (N-methyl/N-ethyl adjacent to an activating group) is 1. The SMILES string of the molecule is CC/C=C\C/C=C\C/C=C\C/C=C\C/C=C\C/C=C\C/C=C\CCCCCC(=O)OC(COC(=O)CCCCCCCCCCCCCCCCCCCCC/C=C\C/C=C\CCCCCCC)COC(OCC[N+](C)(C)C)C(=O)[O-]. The van der Waals surface area contributed by atoms with E-state index in [0.29, 0.717) is 17.4 Å². The van der Waals surface area contributed by atoms with Gasteiger partial charge >= 0.3 is 11.9 Å². The number of ether oxygens (including phenoxy) is 4. The standard InChI is InChI=1S/C72H123NO8/c1-6-8-10-12-14-16-18-20-22-24-26-28-30-32-33-34-35-36-37-39-40-42-44-46-48-50-52-54-56-58-60-62-69(74)79-66-68(67-80-72(71(76)77)78-65-64-73(3,4)5)81-70(75)63-61-59-57-55-53-51-49-47-45-43-41-38-31-29-27-25-23-21-19-17-15-13-11-9-7-2/h9,11,15,17-18,20-21,23-24,26-27,29,38,41,45,47,51,53,68,72H,6-8,10,12-14,16,19,22,25,28,30-37,39-40,42-44,46,48-50,52,54-67H2,1-5H3/b11-9-,17-15-,20-18-,23-21-,26-24-,29-27-,41-38-,47-45-,53-51-. The van der Waals surface area contributed by atoms with E-state index in [1.54, 1.807) is 0 Å². The average Bonchev–Trinajstić information content (AvgIpc) is 3.44. The van der Waals surface area contributed by atoms with Gasteiger partial charge < -0.3 is 33.3 Å². The molecule has 0 aliphatic carbocycles. The Balaban J connectivity index is 4.20. The zero-order chi connectivity index (χ0) is 59.1. The Labute approximate surface area is 498 Å². The van der Waals surface area contributed by atoms with Crippen LogP contribution in [-0.4, -0.2) is 82.3 Å². The minimum Gasteiger partial charge on any atom is -0.545 e. The van der Waals surface area contributed by atoms with Crippen LogP contribution in [0.3, 0.4) is 0 Å². The number of carbonyl (C=O) groups excluding carboxylic acids is 3. The van der Waals surface area contributed by atoms with Crippen molar-refractivity contribution >= 4 is 17.9 Å². The van der Waals surface area contributed by atoms with Gasteiger partial charge in [-0.1, -0.05) is 264 Å². The van der Waals surface area contributed by atoms with E-state index in [2.05, 4.69) is 123 Å². The predicted molar refractivity (Wildman–Crippen MR) is 343 cm³/mol. The van der Waals surface area contributed by atoms with Gasteiger partial charge in [0.15, 0.2) is 12.4 Å². The van der Waals surface area contributed by atoms with E-state index in [0.717, 1.165) is 89.9 Å². The zero-order valence-electron chi connectivity index (χ0n) is 52.9. The van der Waals surface area contributed by atoms with Gasteiger partial charge in [0.1, 0.15) is 13.2 Å². The lowest BCUT2D eigenvalue weighted by atomic mass is 10.0. The van der Waals surface area contributed by atoms with E-state index in [9.17, 15) is 19.5 Å². The van der Waals surface area contributed by atoms with Crippen molar-refractivity contribution in [3.63, 3.8) is 0 Å². The van der Waals surface area contributed by atoms with Gasteiger partial charge in [-0.2, -0.15) is 0 Å². The number of unbranched alkanes of at least 4 members (excludes halogenated alkanes) is 27. The summed E-state index contributed by atoms with van der Waals surface area (Å²) in [4.78, 5) is 37.4. The maximum Gasteiger partial charge on any atom is 0.306 e. The molecule has 0 saturated heterocycles. The number of hydrogen-bond acceptors (Lipinski definition) is 8. The maximum atomic E-state index is 12.9. The Morgan fingerprint density at radius 1 is 0.383 bits per heavy atom. The van der Waals surface area contributed by atoms with Gasteiger partial charge in [-0.25, -0.2) is 0 Å². The van der Waals surface area contributed by atoms with Gasteiger partial charge in [0.05, 0.1) is 40.3 Å². The number of rotatable bonds is 60. The molecule has 2 atom stereocenters. The number of carboxylic acid groups (broad SMARTS) is 1. The Morgan fingerprint density at radius 2 is 0.704 bits per heavy atom. The second kappa shape index (κ2) is 62.0. The number of aliphatic carboxylic acids is 1. The molecule has 9 nitrogen and oxygen atoms in total. The summed E-state index contributed by atoms with van der Waals surface area (Å²) in [5.74, 6) is -2.33. The fraction of sp³-hybridized carbons (Fsp3) is 0.708. The van der Waals surface area contributed by atoms with Crippen molar-refractivity contribution in [3.8, 4) is 0 Å². The normalized spacial score (nSPS) is 13.4. The summed E-state index contributed by atoms with van der Waals surface area (Å²) in [6.07, 6.45) is 83.1. The number of carboxylic acids is 1. The summed E-state index contributed by atoms with van der Waals surface area (Å²) in [5, 5.41) is 11.8. The molecule has 0 rings (SSSR count). The highest BCUT2D eigenvalue weighted by atomic mass is 16.7. The van der Waals surface area contributed by atoms with E-state index in [4.69, 9.17) is 18.9 Å². The van der Waals surface area contributed by atoms with E-state index in [1.165, 1.54) is 148 Å². The van der Waals surface area contributed by atoms with Gasteiger partial charge in [-0.15, -0.1) is 0 Å². The molecular formula is C72H123NO8. The first kappa shape index (κ1) is 77.0. The molecule has 0 aromatic heterocycles. The molecule has 0 amide bonds. The van der Waals surface area contributed by atoms with Crippen LogP contribution in [0.15, 0.2) is 109 Å². The first-order valence-corrected chi connectivity index (χ1v) is 33.0. The summed E-state index contributed by atoms with van der Waals surface area (Å²) in [5.41, 5.74) is 0. The first-order chi connectivity index (χ1) is 39.6. The highest BCUT2D eigenvalue weighted by Gasteiger charge is 2.22. The molecule has 0 spiro atoms. The van der Waals surface area contributed by atoms with Crippen molar-refractivity contribution in [1.29, 1.82) is 0 Å². The zero-order valence-corrected chi connectivity index (χ0v) is 52.9. The van der Waals surface area contributed by atoms with Crippen LogP contribution in [0.25, 0.3) is 0 Å². The van der Waals surface area contributed by atoms with Crippen molar-refractivity contribution in [3.05, 3.63) is 109 Å². The molecule has 0 aromatic carbocycles. The molecule has 464 valence electrons. The Bertz CT molecular complexity index is 1700. The molecule has 81 heavy (non-hydrogen) atoms. The highest BCUT2D eigenvalue weighted by molar-refractivity contribution is 5.70. The number of esters is 2. The lowest BCUT2D eigenvalue weighted by Crippen LogP contribution is -2.44. The third-order valence-electron chi connectivity index (χ3n) is 14.0. The first-order valence-electron chi connectivity index (χ1n) is 33.0. The Morgan fingerprint density at radius 3 is 1.06 bits per heavy atom. The van der Waals surface area contributed by atoms with E-state index >= 15 is 0 Å². The van der Waals surface area contributed by atoms with Gasteiger partial charge in [0, 0.05) is 12.8 Å². The molecule has 0 N–H and O–H groups in total. The summed E-state index contributed by atoms with van der Waals surface area (Å²) in [6.45, 7) is 4.59. The van der Waals surface area contributed by atoms with Gasteiger partial charge in [-0.05, 0) is 103 Å². The molecule has 0 saturated carbocycles. The van der Waals surface area contributed by atoms with Crippen LogP contribution < -0.4 is 5.11 Å². The van der Waals surface area contributed by atoms with Gasteiger partial charge in [-0.3, -0.25) is 9.59 Å². The van der Waals surface area contributed by atoms with Crippen LogP contribution >= 0.6 is 0 Å². The number of nitrogens with zero attached hydrogens (tertiary/aromatic N) is 1. The molecule has 9 heteroatoms. The number of hydrogen-bond donors (Lipinski definition) is 0. The van der Waals surface area contributed by atoms with E-state index < -0.39 is 24.3 Å². The van der Waals surface area contributed by atoms with E-state index in [1.807, 2.05) is 21.1 Å². The van der Waals surface area contributed by atoms with Crippen LogP contribution in [0.2, 0.25) is 0 Å². The molecule has 0 aromatic rings. The summed E-state index contributed by atoms with van der Waals surface area (Å²) in [7, 11) is 5.91. The van der Waals surface area contributed by atoms with E-state index in [-0.39, 0.29) is 38.6 Å². The predicted octanol–water partition coefficient (Wildman–Crippen LogP) is 18.9. The monoisotopic (exact) mass is 1130 g/mol. The van der Waals surface area contributed by atoms with Gasteiger partial charge in [0.25, 0.3) is 0 Å². The van der Waals surface area contributed by atoms with Crippen molar-refractivity contribution < 1.29 is 42.9 Å². The van der Waals surface area contributed by atoms with Gasteiger partial charge in [0.2, 0.25) is 0 Å². The smallest absolute Gasteiger partial charge is 0.306 e. The van der Waals surface area contributed by atoms with Crippen LogP contribution in [0.5, 0.6) is 0 Å².